The molecular formula is C20H24N2O4. The summed E-state index contributed by atoms with van der Waals surface area (Å²) in [7, 11) is 1.63. The molecule has 1 atom stereocenters. The molecule has 0 aliphatic heterocycles. The van der Waals surface area contributed by atoms with E-state index in [1.807, 2.05) is 31.2 Å². The number of rotatable bonds is 8. The Balaban J connectivity index is 1.83. The summed E-state index contributed by atoms with van der Waals surface area (Å²) in [6.45, 7) is 1.82. The van der Waals surface area contributed by atoms with Crippen molar-refractivity contribution in [1.82, 2.24) is 5.32 Å². The molecule has 0 fully saturated rings. The Bertz CT molecular complexity index is 772. The molecule has 2 aromatic carbocycles. The SMILES string of the molecule is COc1ccc(CCCC(=O)NC(C)c2ccc(C(N)=O)c(O)c2)cc1. The maximum absolute atomic E-state index is 12.1. The number of hydrogen-bond donors (Lipinski definition) is 3. The Morgan fingerprint density at radius 3 is 2.46 bits per heavy atom. The van der Waals surface area contributed by atoms with Gasteiger partial charge >= 0.3 is 0 Å². The first-order chi connectivity index (χ1) is 12.4. The Morgan fingerprint density at radius 2 is 1.88 bits per heavy atom. The number of carbonyl (C=O) groups excluding carboxylic acids is 2. The first-order valence-electron chi connectivity index (χ1n) is 8.45. The summed E-state index contributed by atoms with van der Waals surface area (Å²) in [6.07, 6.45) is 1.94. The number of nitrogens with two attached hydrogens (primary N) is 1. The third-order valence-electron chi connectivity index (χ3n) is 4.19. The lowest BCUT2D eigenvalue weighted by molar-refractivity contribution is -0.121. The molecule has 4 N–H and O–H groups in total. The average molecular weight is 356 g/mol. The Morgan fingerprint density at radius 1 is 1.19 bits per heavy atom. The summed E-state index contributed by atoms with van der Waals surface area (Å²) in [5, 5.41) is 12.7. The summed E-state index contributed by atoms with van der Waals surface area (Å²) in [5.41, 5.74) is 7.08. The number of primary amides is 1. The Hall–Kier alpha value is -3.02. The van der Waals surface area contributed by atoms with E-state index in [0.717, 1.165) is 24.2 Å². The molecule has 6 nitrogen and oxygen atoms in total. The number of nitrogens with one attached hydrogen (secondary N) is 1. The predicted octanol–water partition coefficient (Wildman–Crippen LogP) is 2.70. The maximum atomic E-state index is 12.1. The standard InChI is InChI=1S/C20H24N2O4/c1-13(15-8-11-17(20(21)25)18(23)12-15)22-19(24)5-3-4-14-6-9-16(26-2)10-7-14/h6-13,23H,3-5H2,1-2H3,(H2,21,25)(H,22,24). The van der Waals surface area contributed by atoms with Crippen LogP contribution in [-0.4, -0.2) is 24.0 Å². The highest BCUT2D eigenvalue weighted by atomic mass is 16.5. The van der Waals surface area contributed by atoms with E-state index in [1.54, 1.807) is 13.2 Å². The smallest absolute Gasteiger partial charge is 0.252 e. The van der Waals surface area contributed by atoms with Crippen molar-refractivity contribution in [1.29, 1.82) is 0 Å². The van der Waals surface area contributed by atoms with Crippen molar-refractivity contribution < 1.29 is 19.4 Å². The van der Waals surface area contributed by atoms with Gasteiger partial charge < -0.3 is 20.9 Å². The van der Waals surface area contributed by atoms with Crippen molar-refractivity contribution in [3.63, 3.8) is 0 Å². The monoisotopic (exact) mass is 356 g/mol. The average Bonchev–Trinajstić information content (AvgIpc) is 2.61. The third kappa shape index (κ3) is 5.24. The van der Waals surface area contributed by atoms with Crippen LogP contribution in [0, 0.1) is 0 Å². The molecule has 0 radical (unpaired) electrons. The number of benzene rings is 2. The minimum atomic E-state index is -0.690. The lowest BCUT2D eigenvalue weighted by Crippen LogP contribution is -2.26. The van der Waals surface area contributed by atoms with Crippen LogP contribution in [0.25, 0.3) is 0 Å². The topological polar surface area (TPSA) is 102 Å². The highest BCUT2D eigenvalue weighted by molar-refractivity contribution is 5.95. The summed E-state index contributed by atoms with van der Waals surface area (Å²) < 4.78 is 5.12. The van der Waals surface area contributed by atoms with E-state index in [-0.39, 0.29) is 23.3 Å². The minimum absolute atomic E-state index is 0.0618. The fraction of sp³-hybridized carbons (Fsp3) is 0.300. The van der Waals surface area contributed by atoms with Crippen molar-refractivity contribution in [2.45, 2.75) is 32.2 Å². The van der Waals surface area contributed by atoms with Gasteiger partial charge in [0.15, 0.2) is 0 Å². The molecule has 0 heterocycles. The van der Waals surface area contributed by atoms with E-state index in [1.165, 1.54) is 12.1 Å². The van der Waals surface area contributed by atoms with Gasteiger partial charge in [-0.15, -0.1) is 0 Å². The summed E-state index contributed by atoms with van der Waals surface area (Å²) in [6, 6.07) is 12.1. The zero-order valence-electron chi connectivity index (χ0n) is 15.0. The molecule has 26 heavy (non-hydrogen) atoms. The van der Waals surface area contributed by atoms with E-state index in [0.29, 0.717) is 12.0 Å². The van der Waals surface area contributed by atoms with Gasteiger partial charge in [0.1, 0.15) is 11.5 Å². The number of amides is 2. The number of methoxy groups -OCH3 is 1. The highest BCUT2D eigenvalue weighted by Crippen LogP contribution is 2.22. The molecule has 0 saturated heterocycles. The number of aromatic hydroxyl groups is 1. The van der Waals surface area contributed by atoms with Crippen molar-refractivity contribution in [2.75, 3.05) is 7.11 Å². The van der Waals surface area contributed by atoms with Gasteiger partial charge in [-0.25, -0.2) is 0 Å². The number of hydrogen-bond acceptors (Lipinski definition) is 4. The van der Waals surface area contributed by atoms with Crippen LogP contribution in [-0.2, 0) is 11.2 Å². The van der Waals surface area contributed by atoms with E-state index < -0.39 is 5.91 Å². The first-order valence-corrected chi connectivity index (χ1v) is 8.45. The molecule has 2 rings (SSSR count). The zero-order valence-corrected chi connectivity index (χ0v) is 15.0. The van der Waals surface area contributed by atoms with Crippen LogP contribution >= 0.6 is 0 Å². The molecule has 138 valence electrons. The highest BCUT2D eigenvalue weighted by Gasteiger charge is 2.13. The normalized spacial score (nSPS) is 11.6. The summed E-state index contributed by atoms with van der Waals surface area (Å²) in [5.74, 6) is -0.129. The number of aryl methyl sites for hydroxylation is 1. The lowest BCUT2D eigenvalue weighted by Gasteiger charge is -2.15. The fourth-order valence-corrected chi connectivity index (χ4v) is 2.67. The molecule has 0 spiro atoms. The molecule has 2 amide bonds. The van der Waals surface area contributed by atoms with Crippen LogP contribution in [0.1, 0.15) is 47.3 Å². The van der Waals surface area contributed by atoms with Crippen molar-refractivity contribution in [3.05, 3.63) is 59.2 Å². The van der Waals surface area contributed by atoms with Gasteiger partial charge in [-0.1, -0.05) is 18.2 Å². The fourth-order valence-electron chi connectivity index (χ4n) is 2.67. The van der Waals surface area contributed by atoms with E-state index >= 15 is 0 Å². The minimum Gasteiger partial charge on any atom is -0.507 e. The van der Waals surface area contributed by atoms with Crippen LogP contribution in [0.2, 0.25) is 0 Å². The predicted molar refractivity (Wildman–Crippen MR) is 99.1 cm³/mol. The summed E-state index contributed by atoms with van der Waals surface area (Å²) >= 11 is 0. The second kappa shape index (κ2) is 8.89. The molecular weight excluding hydrogens is 332 g/mol. The summed E-state index contributed by atoms with van der Waals surface area (Å²) in [4.78, 5) is 23.2. The largest absolute Gasteiger partial charge is 0.507 e. The number of ether oxygens (including phenoxy) is 1. The molecule has 6 heteroatoms. The van der Waals surface area contributed by atoms with Crippen LogP contribution in [0.4, 0.5) is 0 Å². The molecule has 0 saturated carbocycles. The molecule has 0 aliphatic rings. The van der Waals surface area contributed by atoms with Gasteiger partial charge in [-0.3, -0.25) is 9.59 Å². The Kier molecular flexibility index (Phi) is 6.60. The zero-order chi connectivity index (χ0) is 19.1. The van der Waals surface area contributed by atoms with Gasteiger partial charge in [-0.05, 0) is 55.2 Å². The first kappa shape index (κ1) is 19.3. The van der Waals surface area contributed by atoms with E-state index in [4.69, 9.17) is 10.5 Å². The quantitative estimate of drug-likeness (QED) is 0.677. The lowest BCUT2D eigenvalue weighted by atomic mass is 10.0. The number of phenols is 1. The second-order valence-electron chi connectivity index (χ2n) is 6.13. The molecule has 0 aromatic heterocycles. The third-order valence-corrected chi connectivity index (χ3v) is 4.19. The van der Waals surface area contributed by atoms with Crippen LogP contribution < -0.4 is 15.8 Å². The van der Waals surface area contributed by atoms with Gasteiger partial charge in [0, 0.05) is 6.42 Å². The molecule has 1 unspecified atom stereocenters. The van der Waals surface area contributed by atoms with Gasteiger partial charge in [0.25, 0.3) is 5.91 Å². The van der Waals surface area contributed by atoms with Gasteiger partial charge in [-0.2, -0.15) is 0 Å². The number of carbonyl (C=O) groups is 2. The van der Waals surface area contributed by atoms with Crippen LogP contribution in [0.15, 0.2) is 42.5 Å². The second-order valence-corrected chi connectivity index (χ2v) is 6.13. The van der Waals surface area contributed by atoms with Gasteiger partial charge in [0.2, 0.25) is 5.91 Å². The van der Waals surface area contributed by atoms with Crippen molar-refractivity contribution in [2.24, 2.45) is 5.73 Å². The molecule has 0 aliphatic carbocycles. The van der Waals surface area contributed by atoms with Crippen molar-refractivity contribution >= 4 is 11.8 Å². The van der Waals surface area contributed by atoms with E-state index in [9.17, 15) is 14.7 Å². The Labute approximate surface area is 153 Å². The van der Waals surface area contributed by atoms with E-state index in [2.05, 4.69) is 5.32 Å². The molecule has 2 aromatic rings. The maximum Gasteiger partial charge on any atom is 0.252 e. The van der Waals surface area contributed by atoms with Gasteiger partial charge in [0.05, 0.1) is 18.7 Å². The van der Waals surface area contributed by atoms with Crippen LogP contribution in [0.5, 0.6) is 11.5 Å². The van der Waals surface area contributed by atoms with Crippen LogP contribution in [0.3, 0.4) is 0 Å². The molecule has 0 bridgehead atoms. The van der Waals surface area contributed by atoms with Crippen molar-refractivity contribution in [3.8, 4) is 11.5 Å².